The lowest BCUT2D eigenvalue weighted by Crippen LogP contribution is -2.30. The number of halogens is 1. The van der Waals surface area contributed by atoms with Crippen LogP contribution in [0.25, 0.3) is 0 Å². The van der Waals surface area contributed by atoms with E-state index in [4.69, 9.17) is 10.7 Å². The van der Waals surface area contributed by atoms with Gasteiger partial charge in [-0.2, -0.15) is 0 Å². The van der Waals surface area contributed by atoms with Crippen molar-refractivity contribution in [3.05, 3.63) is 35.9 Å². The predicted molar refractivity (Wildman–Crippen MR) is 65.9 cm³/mol. The first-order valence-corrected chi connectivity index (χ1v) is 7.23. The number of hydrogen-bond donors (Lipinski definition) is 0. The number of hydrogen-bond acceptors (Lipinski definition) is 4. The fraction of sp³-hybridized carbons (Fsp3) is 0.0909. The summed E-state index contributed by atoms with van der Waals surface area (Å²) in [5, 5.41) is 0. The summed E-state index contributed by atoms with van der Waals surface area (Å²) in [6.45, 7) is 1.67. The maximum atomic E-state index is 11.5. The smallest absolute Gasteiger partial charge is 0.261 e. The number of amides is 2. The normalized spacial score (nSPS) is 15.6. The third-order valence-electron chi connectivity index (χ3n) is 2.51. The van der Waals surface area contributed by atoms with Crippen LogP contribution in [0.5, 0.6) is 0 Å². The molecule has 0 saturated carbocycles. The van der Waals surface area contributed by atoms with Crippen molar-refractivity contribution >= 4 is 37.2 Å². The number of aryl methyl sites for hydroxylation is 1. The van der Waals surface area contributed by atoms with Crippen molar-refractivity contribution in [2.75, 3.05) is 4.90 Å². The molecule has 0 spiro atoms. The molecule has 0 aliphatic carbocycles. The highest BCUT2D eigenvalue weighted by atomic mass is 35.7. The van der Waals surface area contributed by atoms with E-state index in [-0.39, 0.29) is 10.6 Å². The summed E-state index contributed by atoms with van der Waals surface area (Å²) >= 11 is 0. The summed E-state index contributed by atoms with van der Waals surface area (Å²) in [7, 11) is 1.33. The fourth-order valence-electron chi connectivity index (χ4n) is 1.62. The van der Waals surface area contributed by atoms with Gasteiger partial charge in [-0.1, -0.05) is 6.07 Å². The third kappa shape index (κ3) is 2.16. The second kappa shape index (κ2) is 4.22. The van der Waals surface area contributed by atoms with Crippen LogP contribution >= 0.6 is 10.7 Å². The molecule has 0 N–H and O–H groups in total. The highest BCUT2D eigenvalue weighted by Gasteiger charge is 2.27. The van der Waals surface area contributed by atoms with E-state index in [0.29, 0.717) is 5.56 Å². The summed E-state index contributed by atoms with van der Waals surface area (Å²) in [6, 6.07) is 4.02. The molecule has 7 heteroatoms. The Morgan fingerprint density at radius 1 is 1.11 bits per heavy atom. The van der Waals surface area contributed by atoms with Gasteiger partial charge in [0.1, 0.15) is 0 Å². The molecule has 0 atom stereocenters. The van der Waals surface area contributed by atoms with Crippen LogP contribution in [0.1, 0.15) is 5.56 Å². The van der Waals surface area contributed by atoms with Crippen molar-refractivity contribution in [1.29, 1.82) is 0 Å². The van der Waals surface area contributed by atoms with Crippen molar-refractivity contribution in [2.24, 2.45) is 0 Å². The molecule has 1 aliphatic heterocycles. The van der Waals surface area contributed by atoms with Gasteiger partial charge in [0.2, 0.25) is 0 Å². The third-order valence-corrected chi connectivity index (χ3v) is 3.86. The molecule has 0 fully saturated rings. The lowest BCUT2D eigenvalue weighted by molar-refractivity contribution is -0.120. The van der Waals surface area contributed by atoms with Crippen LogP contribution in [0.4, 0.5) is 5.69 Å². The van der Waals surface area contributed by atoms with Gasteiger partial charge in [0.25, 0.3) is 20.9 Å². The van der Waals surface area contributed by atoms with Gasteiger partial charge in [0, 0.05) is 22.8 Å². The molecule has 5 nitrogen and oxygen atoms in total. The second-order valence-electron chi connectivity index (χ2n) is 3.73. The van der Waals surface area contributed by atoms with Gasteiger partial charge >= 0.3 is 0 Å². The van der Waals surface area contributed by atoms with E-state index in [1.54, 1.807) is 6.92 Å². The minimum atomic E-state index is -3.90. The number of nitrogens with zero attached hydrogens (tertiary/aromatic N) is 1. The van der Waals surface area contributed by atoms with E-state index in [9.17, 15) is 18.0 Å². The number of benzene rings is 1. The lowest BCUT2D eigenvalue weighted by atomic mass is 10.2. The molecule has 94 valence electrons. The monoisotopic (exact) mass is 285 g/mol. The van der Waals surface area contributed by atoms with Crippen molar-refractivity contribution in [3.8, 4) is 0 Å². The summed E-state index contributed by atoms with van der Waals surface area (Å²) in [5.41, 5.74) is 0.821. The number of anilines is 1. The quantitative estimate of drug-likeness (QED) is 0.607. The molecule has 2 amide bonds. The molecule has 0 aromatic heterocycles. The van der Waals surface area contributed by atoms with Crippen LogP contribution < -0.4 is 4.90 Å². The number of carbonyl (C=O) groups excluding carboxylic acids is 2. The lowest BCUT2D eigenvalue weighted by Gasteiger charge is -2.17. The Balaban J connectivity index is 2.58. The van der Waals surface area contributed by atoms with E-state index in [0.717, 1.165) is 17.1 Å². The standard InChI is InChI=1S/C11H8ClNO4S/c1-7-2-3-8(18(12,16)17)6-9(7)13-10(14)4-5-11(13)15/h2-6H,1H3. The molecular formula is C11H8ClNO4S. The van der Waals surface area contributed by atoms with Crippen LogP contribution in [-0.4, -0.2) is 20.2 Å². The van der Waals surface area contributed by atoms with Gasteiger partial charge < -0.3 is 0 Å². The Kier molecular flexibility index (Phi) is 3.00. The van der Waals surface area contributed by atoms with Crippen molar-refractivity contribution in [1.82, 2.24) is 0 Å². The average molecular weight is 286 g/mol. The molecule has 0 bridgehead atoms. The topological polar surface area (TPSA) is 71.5 Å². The summed E-state index contributed by atoms with van der Waals surface area (Å²) in [5.74, 6) is -1.01. The molecular weight excluding hydrogens is 278 g/mol. The zero-order valence-corrected chi connectivity index (χ0v) is 10.8. The van der Waals surface area contributed by atoms with Gasteiger partial charge in [-0.05, 0) is 24.6 Å². The van der Waals surface area contributed by atoms with E-state index < -0.39 is 20.9 Å². The predicted octanol–water partition coefficient (Wildman–Crippen LogP) is 1.35. The molecule has 0 radical (unpaired) electrons. The Bertz CT molecular complexity index is 660. The highest BCUT2D eigenvalue weighted by Crippen LogP contribution is 2.27. The van der Waals surface area contributed by atoms with Crippen LogP contribution in [0.15, 0.2) is 35.2 Å². The van der Waals surface area contributed by atoms with Crippen LogP contribution in [0.2, 0.25) is 0 Å². The van der Waals surface area contributed by atoms with E-state index >= 15 is 0 Å². The molecule has 1 aromatic carbocycles. The first kappa shape index (κ1) is 12.8. The first-order valence-electron chi connectivity index (χ1n) is 4.92. The van der Waals surface area contributed by atoms with Crippen molar-refractivity contribution in [3.63, 3.8) is 0 Å². The molecule has 1 heterocycles. The van der Waals surface area contributed by atoms with Gasteiger partial charge in [0.15, 0.2) is 0 Å². The second-order valence-corrected chi connectivity index (χ2v) is 6.30. The van der Waals surface area contributed by atoms with Gasteiger partial charge in [-0.3, -0.25) is 9.59 Å². The summed E-state index contributed by atoms with van der Waals surface area (Å²) < 4.78 is 22.5. The SMILES string of the molecule is Cc1ccc(S(=O)(=O)Cl)cc1N1C(=O)C=CC1=O. The summed E-state index contributed by atoms with van der Waals surface area (Å²) in [6.07, 6.45) is 2.26. The number of imide groups is 1. The average Bonchev–Trinajstić information content (AvgIpc) is 2.58. The number of rotatable bonds is 2. The van der Waals surface area contributed by atoms with Crippen LogP contribution in [0, 0.1) is 6.92 Å². The van der Waals surface area contributed by atoms with E-state index in [1.807, 2.05) is 0 Å². The van der Waals surface area contributed by atoms with Gasteiger partial charge in [-0.15, -0.1) is 0 Å². The molecule has 0 unspecified atom stereocenters. The Labute approximate surface area is 108 Å². The Hall–Kier alpha value is -1.66. The van der Waals surface area contributed by atoms with Crippen LogP contribution in [0.3, 0.4) is 0 Å². The Morgan fingerprint density at radius 3 is 2.17 bits per heavy atom. The van der Waals surface area contributed by atoms with Crippen LogP contribution in [-0.2, 0) is 18.6 Å². The highest BCUT2D eigenvalue weighted by molar-refractivity contribution is 8.13. The summed E-state index contributed by atoms with van der Waals surface area (Å²) in [4.78, 5) is 23.8. The van der Waals surface area contributed by atoms with E-state index in [2.05, 4.69) is 0 Å². The molecule has 1 aliphatic rings. The molecule has 18 heavy (non-hydrogen) atoms. The van der Waals surface area contributed by atoms with Gasteiger partial charge in [-0.25, -0.2) is 13.3 Å². The largest absolute Gasteiger partial charge is 0.269 e. The minimum absolute atomic E-state index is 0.155. The fourth-order valence-corrected chi connectivity index (χ4v) is 2.39. The Morgan fingerprint density at radius 2 is 1.67 bits per heavy atom. The zero-order chi connectivity index (χ0) is 13.5. The van der Waals surface area contributed by atoms with Crippen molar-refractivity contribution < 1.29 is 18.0 Å². The van der Waals surface area contributed by atoms with E-state index in [1.165, 1.54) is 18.2 Å². The molecule has 1 aromatic rings. The number of carbonyl (C=O) groups is 2. The first-order chi connectivity index (χ1) is 8.30. The molecule has 2 rings (SSSR count). The van der Waals surface area contributed by atoms with Crippen molar-refractivity contribution in [2.45, 2.75) is 11.8 Å². The minimum Gasteiger partial charge on any atom is -0.269 e. The molecule has 0 saturated heterocycles. The maximum absolute atomic E-state index is 11.5. The zero-order valence-electron chi connectivity index (χ0n) is 9.25. The van der Waals surface area contributed by atoms with Gasteiger partial charge in [0.05, 0.1) is 10.6 Å². The maximum Gasteiger partial charge on any atom is 0.261 e.